The number of carbonyl (C=O) groups is 2. The summed E-state index contributed by atoms with van der Waals surface area (Å²) < 4.78 is 5.14. The molecule has 108 valence electrons. The fraction of sp³-hybridized carbons (Fsp3) is 0.267. The van der Waals surface area contributed by atoms with E-state index in [4.69, 9.17) is 4.42 Å². The molecule has 1 aromatic heterocycles. The summed E-state index contributed by atoms with van der Waals surface area (Å²) in [5.41, 5.74) is 1.34. The molecule has 2 atom stereocenters. The van der Waals surface area contributed by atoms with Crippen LogP contribution in [0.5, 0.6) is 0 Å². The van der Waals surface area contributed by atoms with Gasteiger partial charge in [-0.05, 0) is 24.1 Å². The topological polar surface area (TPSA) is 96.6 Å². The lowest BCUT2D eigenvalue weighted by molar-refractivity contribution is -0.152. The number of ketones is 2. The fourth-order valence-corrected chi connectivity index (χ4v) is 2.43. The highest BCUT2D eigenvalue weighted by Crippen LogP contribution is 2.24. The van der Waals surface area contributed by atoms with Crippen molar-refractivity contribution in [3.63, 3.8) is 0 Å². The first-order valence-corrected chi connectivity index (χ1v) is 6.60. The minimum absolute atomic E-state index is 0.400. The number of nitrogens with one attached hydrogen (secondary N) is 1. The number of aryl methyl sites for hydroxylation is 1. The molecule has 21 heavy (non-hydrogen) atoms. The summed E-state index contributed by atoms with van der Waals surface area (Å²) in [4.78, 5) is 33.8. The second kappa shape index (κ2) is 4.82. The Bertz CT molecular complexity index is 807. The van der Waals surface area contributed by atoms with Crippen molar-refractivity contribution >= 4 is 28.2 Å². The molecule has 1 aromatic carbocycles. The van der Waals surface area contributed by atoms with E-state index in [0.29, 0.717) is 17.7 Å². The first-order chi connectivity index (χ1) is 10.0. The van der Waals surface area contributed by atoms with Crippen LogP contribution in [0.3, 0.4) is 0 Å². The van der Waals surface area contributed by atoms with Gasteiger partial charge in [-0.1, -0.05) is 6.92 Å². The standard InChI is InChI=1S/C15H13NO5/c1-2-7-5-11(17)21-10-6-8(3-4-9(7)10)16-12-13(18)15(20)14(12)19/h3-6,12-13,16,18H,2H2,1H3. The van der Waals surface area contributed by atoms with Crippen molar-refractivity contribution in [2.75, 3.05) is 5.32 Å². The van der Waals surface area contributed by atoms with Gasteiger partial charge in [-0.15, -0.1) is 0 Å². The van der Waals surface area contributed by atoms with Gasteiger partial charge in [-0.25, -0.2) is 4.79 Å². The fourth-order valence-electron chi connectivity index (χ4n) is 2.43. The van der Waals surface area contributed by atoms with E-state index in [1.807, 2.05) is 6.92 Å². The molecule has 1 fully saturated rings. The average molecular weight is 287 g/mol. The molecule has 6 nitrogen and oxygen atoms in total. The zero-order valence-electron chi connectivity index (χ0n) is 11.3. The smallest absolute Gasteiger partial charge is 0.336 e. The Morgan fingerprint density at radius 1 is 1.19 bits per heavy atom. The molecule has 1 aliphatic rings. The molecule has 1 saturated carbocycles. The first kappa shape index (κ1) is 13.5. The van der Waals surface area contributed by atoms with Crippen LogP contribution in [-0.2, 0) is 16.0 Å². The Labute approximate surface area is 119 Å². The Kier molecular flexibility index (Phi) is 3.10. The number of carbonyl (C=O) groups excluding carboxylic acids is 2. The molecule has 2 unspecified atom stereocenters. The largest absolute Gasteiger partial charge is 0.423 e. The van der Waals surface area contributed by atoms with Gasteiger partial charge in [-0.3, -0.25) is 9.59 Å². The molecular formula is C15H13NO5. The van der Waals surface area contributed by atoms with Crippen molar-refractivity contribution in [3.8, 4) is 0 Å². The first-order valence-electron chi connectivity index (χ1n) is 6.60. The van der Waals surface area contributed by atoms with Crippen LogP contribution in [0, 0.1) is 0 Å². The molecule has 0 spiro atoms. The lowest BCUT2D eigenvalue weighted by Gasteiger charge is -2.30. The molecule has 6 heteroatoms. The minimum Gasteiger partial charge on any atom is -0.423 e. The van der Waals surface area contributed by atoms with E-state index in [1.54, 1.807) is 18.2 Å². The highest BCUT2D eigenvalue weighted by Gasteiger charge is 2.48. The third-order valence-corrected chi connectivity index (χ3v) is 3.64. The number of hydrogen-bond donors (Lipinski definition) is 2. The molecule has 0 radical (unpaired) electrons. The van der Waals surface area contributed by atoms with Crippen LogP contribution in [-0.4, -0.2) is 28.8 Å². The number of fused-ring (bicyclic) bond motifs is 1. The van der Waals surface area contributed by atoms with Crippen LogP contribution in [0.1, 0.15) is 12.5 Å². The molecule has 0 amide bonds. The van der Waals surface area contributed by atoms with Gasteiger partial charge in [0, 0.05) is 23.2 Å². The Morgan fingerprint density at radius 2 is 1.95 bits per heavy atom. The van der Waals surface area contributed by atoms with Crippen molar-refractivity contribution in [1.82, 2.24) is 0 Å². The van der Waals surface area contributed by atoms with Gasteiger partial charge in [0.15, 0.2) is 0 Å². The van der Waals surface area contributed by atoms with Gasteiger partial charge in [-0.2, -0.15) is 0 Å². The lowest BCUT2D eigenvalue weighted by atomic mass is 9.85. The van der Waals surface area contributed by atoms with E-state index in [1.165, 1.54) is 6.07 Å². The predicted molar refractivity (Wildman–Crippen MR) is 75.3 cm³/mol. The molecule has 2 aromatic rings. The van der Waals surface area contributed by atoms with Crippen molar-refractivity contribution < 1.29 is 19.1 Å². The van der Waals surface area contributed by atoms with Gasteiger partial charge in [0.1, 0.15) is 17.7 Å². The maximum absolute atomic E-state index is 11.5. The van der Waals surface area contributed by atoms with E-state index in [9.17, 15) is 19.5 Å². The zero-order valence-corrected chi connectivity index (χ0v) is 11.3. The lowest BCUT2D eigenvalue weighted by Crippen LogP contribution is -2.61. The van der Waals surface area contributed by atoms with Crippen molar-refractivity contribution in [1.29, 1.82) is 0 Å². The normalized spacial score (nSPS) is 21.4. The van der Waals surface area contributed by atoms with Crippen LogP contribution in [0.4, 0.5) is 5.69 Å². The number of anilines is 1. The maximum Gasteiger partial charge on any atom is 0.336 e. The SMILES string of the molecule is CCc1cc(=O)oc2cc(NC3C(=O)C(=O)C3O)ccc12. The highest BCUT2D eigenvalue weighted by molar-refractivity contribution is 6.49. The molecule has 1 heterocycles. The van der Waals surface area contributed by atoms with E-state index < -0.39 is 29.3 Å². The summed E-state index contributed by atoms with van der Waals surface area (Å²) in [6.45, 7) is 1.94. The maximum atomic E-state index is 11.5. The number of rotatable bonds is 3. The summed E-state index contributed by atoms with van der Waals surface area (Å²) in [7, 11) is 0. The molecule has 0 saturated heterocycles. The molecule has 0 aliphatic heterocycles. The molecule has 0 bridgehead atoms. The van der Waals surface area contributed by atoms with Gasteiger partial charge >= 0.3 is 5.63 Å². The van der Waals surface area contributed by atoms with E-state index in [0.717, 1.165) is 10.9 Å². The zero-order chi connectivity index (χ0) is 15.1. The van der Waals surface area contributed by atoms with Gasteiger partial charge in [0.05, 0.1) is 0 Å². The van der Waals surface area contributed by atoms with E-state index >= 15 is 0 Å². The van der Waals surface area contributed by atoms with Crippen LogP contribution in [0.2, 0.25) is 0 Å². The van der Waals surface area contributed by atoms with Crippen molar-refractivity contribution in [2.24, 2.45) is 0 Å². The number of aliphatic hydroxyl groups excluding tert-OH is 1. The number of aliphatic hydroxyl groups is 1. The molecule has 1 aliphatic carbocycles. The summed E-state index contributed by atoms with van der Waals surface area (Å²) in [5.74, 6) is -1.43. The van der Waals surface area contributed by atoms with Gasteiger partial charge in [0.25, 0.3) is 0 Å². The molecule has 2 N–H and O–H groups in total. The van der Waals surface area contributed by atoms with Crippen LogP contribution in [0.15, 0.2) is 33.5 Å². The molecule has 3 rings (SSSR count). The number of Topliss-reactive ketones (excluding diaryl/α,β-unsaturated/α-hetero) is 2. The summed E-state index contributed by atoms with van der Waals surface area (Å²) in [6.07, 6.45) is -0.620. The third-order valence-electron chi connectivity index (χ3n) is 3.64. The minimum atomic E-state index is -1.32. The van der Waals surface area contributed by atoms with Gasteiger partial charge < -0.3 is 14.8 Å². The average Bonchev–Trinajstić information content (AvgIpc) is 2.50. The summed E-state index contributed by atoms with van der Waals surface area (Å²) in [5, 5.41) is 13.0. The van der Waals surface area contributed by atoms with Gasteiger partial charge in [0.2, 0.25) is 11.6 Å². The second-order valence-electron chi connectivity index (χ2n) is 4.95. The molecular weight excluding hydrogens is 274 g/mol. The van der Waals surface area contributed by atoms with Crippen molar-refractivity contribution in [3.05, 3.63) is 40.2 Å². The Balaban J connectivity index is 1.97. The van der Waals surface area contributed by atoms with Crippen LogP contribution >= 0.6 is 0 Å². The summed E-state index contributed by atoms with van der Waals surface area (Å²) >= 11 is 0. The second-order valence-corrected chi connectivity index (χ2v) is 4.95. The number of hydrogen-bond acceptors (Lipinski definition) is 6. The Morgan fingerprint density at radius 3 is 2.62 bits per heavy atom. The third kappa shape index (κ3) is 2.13. The van der Waals surface area contributed by atoms with E-state index in [2.05, 4.69) is 5.32 Å². The van der Waals surface area contributed by atoms with Crippen molar-refractivity contribution in [2.45, 2.75) is 25.5 Å². The highest BCUT2D eigenvalue weighted by atomic mass is 16.4. The van der Waals surface area contributed by atoms with E-state index in [-0.39, 0.29) is 0 Å². The summed E-state index contributed by atoms with van der Waals surface area (Å²) in [6, 6.07) is 5.59. The quantitative estimate of drug-likeness (QED) is 0.635. The predicted octanol–water partition coefficient (Wildman–Crippen LogP) is 0.649. The van der Waals surface area contributed by atoms with Crippen LogP contribution in [0.25, 0.3) is 11.0 Å². The monoisotopic (exact) mass is 287 g/mol. The Hall–Kier alpha value is -2.47. The van der Waals surface area contributed by atoms with Crippen LogP contribution < -0.4 is 10.9 Å². The number of benzene rings is 1.